The van der Waals surface area contributed by atoms with E-state index in [4.69, 9.17) is 4.74 Å². The highest BCUT2D eigenvalue weighted by Crippen LogP contribution is 2.32. The number of allylic oxidation sites excluding steroid dienone is 2. The molecule has 0 unspecified atom stereocenters. The van der Waals surface area contributed by atoms with Crippen LogP contribution in [-0.2, 0) is 4.74 Å². The highest BCUT2D eigenvalue weighted by atomic mass is 16.6. The van der Waals surface area contributed by atoms with E-state index in [-0.39, 0.29) is 0 Å². The summed E-state index contributed by atoms with van der Waals surface area (Å²) in [5.41, 5.74) is 3.15. The van der Waals surface area contributed by atoms with Gasteiger partial charge in [-0.25, -0.2) is 0 Å². The Morgan fingerprint density at radius 1 is 1.25 bits per heavy atom. The van der Waals surface area contributed by atoms with E-state index in [0.717, 1.165) is 11.1 Å². The molecule has 0 bridgehead atoms. The van der Waals surface area contributed by atoms with Gasteiger partial charge in [0.2, 0.25) is 0 Å². The van der Waals surface area contributed by atoms with Crippen molar-refractivity contribution in [3.8, 4) is 0 Å². The van der Waals surface area contributed by atoms with Gasteiger partial charge < -0.3 is 9.84 Å². The molecule has 1 aromatic carbocycles. The van der Waals surface area contributed by atoms with Crippen LogP contribution in [0.1, 0.15) is 18.9 Å². The zero-order valence-electron chi connectivity index (χ0n) is 9.60. The summed E-state index contributed by atoms with van der Waals surface area (Å²) in [6.45, 7) is 1.89. The molecule has 0 heterocycles. The summed E-state index contributed by atoms with van der Waals surface area (Å²) >= 11 is 0. The third-order valence-corrected chi connectivity index (χ3v) is 3.03. The Kier molecular flexibility index (Phi) is 2.95. The fourth-order valence-corrected chi connectivity index (χ4v) is 1.89. The summed E-state index contributed by atoms with van der Waals surface area (Å²) in [4.78, 5) is 0. The van der Waals surface area contributed by atoms with Gasteiger partial charge in [0.05, 0.1) is 0 Å². The van der Waals surface area contributed by atoms with Crippen LogP contribution in [-0.4, -0.2) is 18.0 Å². The highest BCUT2D eigenvalue weighted by molar-refractivity contribution is 5.76. The summed E-state index contributed by atoms with van der Waals surface area (Å²) in [7, 11) is 1.53. The van der Waals surface area contributed by atoms with Crippen LogP contribution in [0.25, 0.3) is 5.57 Å². The van der Waals surface area contributed by atoms with E-state index >= 15 is 0 Å². The van der Waals surface area contributed by atoms with Crippen molar-refractivity contribution in [3.63, 3.8) is 0 Å². The molecule has 0 saturated carbocycles. The van der Waals surface area contributed by atoms with E-state index in [2.05, 4.69) is 12.1 Å². The summed E-state index contributed by atoms with van der Waals surface area (Å²) in [6, 6.07) is 10.1. The van der Waals surface area contributed by atoms with E-state index in [0.29, 0.717) is 6.42 Å². The minimum Gasteiger partial charge on any atom is -0.362 e. The minimum atomic E-state index is -1.13. The first-order chi connectivity index (χ1) is 7.65. The predicted octanol–water partition coefficient (Wildman–Crippen LogP) is 2.76. The number of hydrogen-bond acceptors (Lipinski definition) is 2. The number of hydrogen-bond donors (Lipinski definition) is 1. The average molecular weight is 216 g/mol. The van der Waals surface area contributed by atoms with Gasteiger partial charge in [-0.15, -0.1) is 0 Å². The summed E-state index contributed by atoms with van der Waals surface area (Å²) < 4.78 is 5.12. The monoisotopic (exact) mass is 216 g/mol. The summed E-state index contributed by atoms with van der Waals surface area (Å²) in [5.74, 6) is -1.13. The molecule has 2 heteroatoms. The second kappa shape index (κ2) is 4.24. The molecule has 0 saturated heterocycles. The lowest BCUT2D eigenvalue weighted by Crippen LogP contribution is -2.33. The number of benzene rings is 1. The summed E-state index contributed by atoms with van der Waals surface area (Å²) in [5, 5.41) is 10.1. The number of ether oxygens (including phenoxy) is 1. The molecule has 16 heavy (non-hydrogen) atoms. The van der Waals surface area contributed by atoms with E-state index in [1.807, 2.05) is 37.3 Å². The number of aliphatic hydroxyl groups is 1. The molecule has 84 valence electrons. The van der Waals surface area contributed by atoms with E-state index in [9.17, 15) is 5.11 Å². The molecule has 0 spiro atoms. The Morgan fingerprint density at radius 3 is 2.50 bits per heavy atom. The second-order valence-electron chi connectivity index (χ2n) is 4.05. The van der Waals surface area contributed by atoms with Crippen LogP contribution in [0.3, 0.4) is 0 Å². The van der Waals surface area contributed by atoms with Crippen LogP contribution in [0.4, 0.5) is 0 Å². The van der Waals surface area contributed by atoms with E-state index < -0.39 is 5.79 Å². The molecular weight excluding hydrogens is 200 g/mol. The summed E-state index contributed by atoms with van der Waals surface area (Å²) in [6.07, 6.45) is 4.48. The zero-order valence-corrected chi connectivity index (χ0v) is 9.60. The lowest BCUT2D eigenvalue weighted by atomic mass is 9.91. The fraction of sp³-hybridized carbons (Fsp3) is 0.286. The zero-order chi connectivity index (χ0) is 11.6. The Labute approximate surface area is 95.9 Å². The van der Waals surface area contributed by atoms with Gasteiger partial charge in [0.25, 0.3) is 0 Å². The highest BCUT2D eigenvalue weighted by Gasteiger charge is 2.30. The predicted molar refractivity (Wildman–Crippen MR) is 64.8 cm³/mol. The minimum absolute atomic E-state index is 0.496. The standard InChI is InChI=1S/C14H16O2/c1-11-10-13(8-9-14(11,15)16-2)12-6-4-3-5-7-12/h3-8,10,15H,9H2,1-2H3/t14-/m0/s1. The van der Waals surface area contributed by atoms with Gasteiger partial charge >= 0.3 is 0 Å². The van der Waals surface area contributed by atoms with Crippen molar-refractivity contribution < 1.29 is 9.84 Å². The van der Waals surface area contributed by atoms with Crippen LogP contribution in [0.2, 0.25) is 0 Å². The first-order valence-corrected chi connectivity index (χ1v) is 5.37. The molecule has 2 nitrogen and oxygen atoms in total. The maximum atomic E-state index is 10.1. The van der Waals surface area contributed by atoms with Crippen LogP contribution in [0.5, 0.6) is 0 Å². The SMILES string of the molecule is CO[C@@]1(O)CC=C(c2ccccc2)C=C1C. The number of rotatable bonds is 2. The van der Waals surface area contributed by atoms with E-state index in [1.165, 1.54) is 12.7 Å². The topological polar surface area (TPSA) is 29.5 Å². The van der Waals surface area contributed by atoms with Crippen molar-refractivity contribution in [2.75, 3.05) is 7.11 Å². The van der Waals surface area contributed by atoms with Crippen molar-refractivity contribution in [1.29, 1.82) is 0 Å². The number of methoxy groups -OCH3 is 1. The normalized spacial score (nSPS) is 24.9. The van der Waals surface area contributed by atoms with Gasteiger partial charge in [-0.1, -0.05) is 42.5 Å². The molecule has 1 aromatic rings. The van der Waals surface area contributed by atoms with Crippen LogP contribution < -0.4 is 0 Å². The molecule has 0 fully saturated rings. The van der Waals surface area contributed by atoms with Crippen molar-refractivity contribution >= 4 is 5.57 Å². The fourth-order valence-electron chi connectivity index (χ4n) is 1.89. The average Bonchev–Trinajstić information content (AvgIpc) is 2.34. The van der Waals surface area contributed by atoms with Gasteiger partial charge in [0, 0.05) is 13.5 Å². The molecular formula is C14H16O2. The molecule has 0 aromatic heterocycles. The van der Waals surface area contributed by atoms with Gasteiger partial charge in [0.1, 0.15) is 0 Å². The quantitative estimate of drug-likeness (QED) is 0.770. The van der Waals surface area contributed by atoms with Crippen LogP contribution in [0, 0.1) is 0 Å². The Hall–Kier alpha value is -1.38. The molecule has 1 aliphatic carbocycles. The molecule has 1 N–H and O–H groups in total. The van der Waals surface area contributed by atoms with Crippen molar-refractivity contribution in [1.82, 2.24) is 0 Å². The molecule has 0 radical (unpaired) electrons. The first kappa shape index (κ1) is 11.1. The molecule has 0 aliphatic heterocycles. The largest absolute Gasteiger partial charge is 0.362 e. The van der Waals surface area contributed by atoms with Crippen LogP contribution >= 0.6 is 0 Å². The van der Waals surface area contributed by atoms with Crippen LogP contribution in [0.15, 0.2) is 48.1 Å². The van der Waals surface area contributed by atoms with E-state index in [1.54, 1.807) is 0 Å². The Morgan fingerprint density at radius 2 is 1.94 bits per heavy atom. The van der Waals surface area contributed by atoms with Gasteiger partial charge in [-0.2, -0.15) is 0 Å². The van der Waals surface area contributed by atoms with Crippen molar-refractivity contribution in [2.45, 2.75) is 19.1 Å². The smallest absolute Gasteiger partial charge is 0.191 e. The molecule has 1 atom stereocenters. The third kappa shape index (κ3) is 1.94. The van der Waals surface area contributed by atoms with Crippen molar-refractivity contribution in [3.05, 3.63) is 53.6 Å². The van der Waals surface area contributed by atoms with Crippen molar-refractivity contribution in [2.24, 2.45) is 0 Å². The lowest BCUT2D eigenvalue weighted by Gasteiger charge is -2.29. The maximum absolute atomic E-state index is 10.1. The molecule has 0 amide bonds. The maximum Gasteiger partial charge on any atom is 0.191 e. The Balaban J connectivity index is 2.30. The first-order valence-electron chi connectivity index (χ1n) is 5.37. The van der Waals surface area contributed by atoms with Gasteiger partial charge in [-0.3, -0.25) is 0 Å². The third-order valence-electron chi connectivity index (χ3n) is 3.03. The molecule has 1 aliphatic rings. The molecule has 2 rings (SSSR count). The van der Waals surface area contributed by atoms with Gasteiger partial charge in [-0.05, 0) is 23.6 Å². The lowest BCUT2D eigenvalue weighted by molar-refractivity contribution is -0.152. The Bertz CT molecular complexity index is 431. The second-order valence-corrected chi connectivity index (χ2v) is 4.05. The van der Waals surface area contributed by atoms with Gasteiger partial charge in [0.15, 0.2) is 5.79 Å².